The van der Waals surface area contributed by atoms with Gasteiger partial charge in [-0.05, 0) is 6.07 Å². The van der Waals surface area contributed by atoms with Gasteiger partial charge in [-0.15, -0.1) is 0 Å². The number of amides is 1. The number of aliphatic hydroxyl groups excluding tert-OH is 3. The molecule has 1 amide bonds. The van der Waals surface area contributed by atoms with Crippen LogP contribution in [0.4, 0.5) is 5.82 Å². The molecule has 11 heteroatoms. The molecule has 1 saturated heterocycles. The van der Waals surface area contributed by atoms with E-state index in [9.17, 15) is 24.6 Å². The van der Waals surface area contributed by atoms with Crippen molar-refractivity contribution in [2.45, 2.75) is 37.4 Å². The fourth-order valence-corrected chi connectivity index (χ4v) is 2.21. The summed E-state index contributed by atoms with van der Waals surface area (Å²) in [6.45, 7) is -0.533. The fraction of sp³-hybridized carbons (Fsp3) is 0.538. The molecular formula is C13H17N3O8. The van der Waals surface area contributed by atoms with Crippen molar-refractivity contribution >= 4 is 17.7 Å². The van der Waals surface area contributed by atoms with E-state index in [0.29, 0.717) is 0 Å². The lowest BCUT2D eigenvalue weighted by molar-refractivity contribution is -0.138. The van der Waals surface area contributed by atoms with Gasteiger partial charge in [0.15, 0.2) is 6.23 Å². The maximum atomic E-state index is 12.0. The highest BCUT2D eigenvalue weighted by atomic mass is 16.6. The van der Waals surface area contributed by atoms with Crippen LogP contribution in [0.25, 0.3) is 0 Å². The molecule has 0 radical (unpaired) electrons. The number of aliphatic carboxylic acids is 1. The number of nitrogens with zero attached hydrogens (tertiary/aromatic N) is 2. The molecule has 0 saturated carbocycles. The Labute approximate surface area is 135 Å². The molecule has 1 aliphatic heterocycles. The molecule has 4 unspecified atom stereocenters. The van der Waals surface area contributed by atoms with Gasteiger partial charge in [0.25, 0.3) is 0 Å². The van der Waals surface area contributed by atoms with Crippen LogP contribution in [-0.4, -0.2) is 66.8 Å². The Morgan fingerprint density at radius 2 is 2.00 bits per heavy atom. The van der Waals surface area contributed by atoms with E-state index in [0.717, 1.165) is 4.57 Å². The first-order chi connectivity index (χ1) is 11.3. The summed E-state index contributed by atoms with van der Waals surface area (Å²) in [6.07, 6.45) is -4.48. The molecule has 2 rings (SSSR count). The van der Waals surface area contributed by atoms with Crippen LogP contribution >= 0.6 is 0 Å². The lowest BCUT2D eigenvalue weighted by atomic mass is 10.1. The first kappa shape index (κ1) is 18.0. The number of carboxylic acid groups (broad SMARTS) is 1. The Morgan fingerprint density at radius 1 is 1.29 bits per heavy atom. The molecular weight excluding hydrogens is 326 g/mol. The average Bonchev–Trinajstić information content (AvgIpc) is 2.81. The monoisotopic (exact) mass is 343 g/mol. The van der Waals surface area contributed by atoms with Crippen molar-refractivity contribution in [2.75, 3.05) is 11.9 Å². The Kier molecular flexibility index (Phi) is 5.62. The molecule has 5 N–H and O–H groups in total. The SMILES string of the molecule is O=C(O)CCC(=O)Nc1ccn(C2OC(CO)C(O)C2O)c(=O)n1. The second-order valence-electron chi connectivity index (χ2n) is 5.17. The number of aromatic nitrogens is 2. The predicted molar refractivity (Wildman–Crippen MR) is 77.0 cm³/mol. The minimum Gasteiger partial charge on any atom is -0.481 e. The summed E-state index contributed by atoms with van der Waals surface area (Å²) in [5.74, 6) is -1.83. The summed E-state index contributed by atoms with van der Waals surface area (Å²) in [4.78, 5) is 37.5. The van der Waals surface area contributed by atoms with Gasteiger partial charge in [0.1, 0.15) is 24.1 Å². The van der Waals surface area contributed by atoms with Crippen molar-refractivity contribution in [1.29, 1.82) is 0 Å². The largest absolute Gasteiger partial charge is 0.481 e. The Morgan fingerprint density at radius 3 is 2.54 bits per heavy atom. The number of hydrogen-bond donors (Lipinski definition) is 5. The zero-order valence-electron chi connectivity index (χ0n) is 12.4. The van der Waals surface area contributed by atoms with E-state index in [1.807, 2.05) is 0 Å². The van der Waals surface area contributed by atoms with Gasteiger partial charge in [0.05, 0.1) is 13.0 Å². The van der Waals surface area contributed by atoms with Crippen molar-refractivity contribution < 1.29 is 34.8 Å². The number of carbonyl (C=O) groups is 2. The number of carboxylic acids is 1. The van der Waals surface area contributed by atoms with Crippen molar-refractivity contribution in [2.24, 2.45) is 0 Å². The first-order valence-electron chi connectivity index (χ1n) is 7.06. The molecule has 0 bridgehead atoms. The zero-order valence-corrected chi connectivity index (χ0v) is 12.4. The summed E-state index contributed by atoms with van der Waals surface area (Å²) in [6, 6.07) is 1.26. The van der Waals surface area contributed by atoms with Gasteiger partial charge in [-0.2, -0.15) is 4.98 Å². The molecule has 1 aromatic heterocycles. The van der Waals surface area contributed by atoms with Crippen LogP contribution < -0.4 is 11.0 Å². The van der Waals surface area contributed by atoms with Crippen LogP contribution in [0.1, 0.15) is 19.1 Å². The maximum absolute atomic E-state index is 12.0. The van der Waals surface area contributed by atoms with Crippen LogP contribution in [0.3, 0.4) is 0 Å². The minimum absolute atomic E-state index is 0.0848. The van der Waals surface area contributed by atoms with E-state index >= 15 is 0 Å². The number of ether oxygens (including phenoxy) is 1. The number of aliphatic hydroxyl groups is 3. The molecule has 0 spiro atoms. The Hall–Kier alpha value is -2.34. The third-order valence-corrected chi connectivity index (χ3v) is 3.45. The van der Waals surface area contributed by atoms with E-state index < -0.39 is 48.7 Å². The highest BCUT2D eigenvalue weighted by molar-refractivity contribution is 5.91. The van der Waals surface area contributed by atoms with Crippen molar-refractivity contribution in [3.05, 3.63) is 22.7 Å². The van der Waals surface area contributed by atoms with E-state index in [1.165, 1.54) is 12.3 Å². The Balaban J connectivity index is 2.09. The molecule has 1 fully saturated rings. The lowest BCUT2D eigenvalue weighted by Gasteiger charge is -2.17. The molecule has 0 aliphatic carbocycles. The second kappa shape index (κ2) is 7.49. The average molecular weight is 343 g/mol. The zero-order chi connectivity index (χ0) is 17.9. The standard InChI is InChI=1S/C13H17N3O8/c17-5-6-10(21)11(22)12(24-6)16-4-3-7(15-13(16)23)14-8(18)1-2-9(19)20/h3-4,6,10-12,17,21-22H,1-2,5H2,(H,19,20)(H,14,15,18,23). The van der Waals surface area contributed by atoms with Crippen molar-refractivity contribution in [3.63, 3.8) is 0 Å². The molecule has 11 nitrogen and oxygen atoms in total. The van der Waals surface area contributed by atoms with Crippen molar-refractivity contribution in [1.82, 2.24) is 9.55 Å². The highest BCUT2D eigenvalue weighted by Gasteiger charge is 2.43. The van der Waals surface area contributed by atoms with Gasteiger partial charge in [-0.3, -0.25) is 14.2 Å². The highest BCUT2D eigenvalue weighted by Crippen LogP contribution is 2.28. The van der Waals surface area contributed by atoms with E-state index in [2.05, 4.69) is 10.3 Å². The summed E-state index contributed by atoms with van der Waals surface area (Å²) in [5, 5.41) is 39.4. The van der Waals surface area contributed by atoms with Gasteiger partial charge in [-0.25, -0.2) is 4.79 Å². The number of hydrogen-bond acceptors (Lipinski definition) is 8. The van der Waals surface area contributed by atoms with Gasteiger partial charge < -0.3 is 30.5 Å². The third-order valence-electron chi connectivity index (χ3n) is 3.45. The molecule has 0 aromatic carbocycles. The fourth-order valence-electron chi connectivity index (χ4n) is 2.21. The third kappa shape index (κ3) is 3.94. The molecule has 4 atom stereocenters. The Bertz CT molecular complexity index is 675. The van der Waals surface area contributed by atoms with Crippen LogP contribution in [0.15, 0.2) is 17.1 Å². The van der Waals surface area contributed by atoms with Crippen LogP contribution in [0.2, 0.25) is 0 Å². The van der Waals surface area contributed by atoms with Gasteiger partial charge in [0, 0.05) is 12.6 Å². The second-order valence-corrected chi connectivity index (χ2v) is 5.17. The summed E-state index contributed by atoms with van der Waals surface area (Å²) in [7, 11) is 0. The first-order valence-corrected chi connectivity index (χ1v) is 7.06. The summed E-state index contributed by atoms with van der Waals surface area (Å²) in [5.41, 5.74) is -0.860. The molecule has 2 heterocycles. The topological polar surface area (TPSA) is 171 Å². The molecule has 24 heavy (non-hydrogen) atoms. The number of anilines is 1. The van der Waals surface area contributed by atoms with Gasteiger partial charge in [-0.1, -0.05) is 0 Å². The maximum Gasteiger partial charge on any atom is 0.351 e. The summed E-state index contributed by atoms with van der Waals surface area (Å²) >= 11 is 0. The molecule has 1 aromatic rings. The van der Waals surface area contributed by atoms with Crippen LogP contribution in [0, 0.1) is 0 Å². The van der Waals surface area contributed by atoms with Crippen LogP contribution in [-0.2, 0) is 14.3 Å². The normalized spacial score (nSPS) is 26.3. The van der Waals surface area contributed by atoms with Crippen molar-refractivity contribution in [3.8, 4) is 0 Å². The molecule has 132 valence electrons. The molecule has 1 aliphatic rings. The smallest absolute Gasteiger partial charge is 0.351 e. The lowest BCUT2D eigenvalue weighted by Crippen LogP contribution is -2.36. The van der Waals surface area contributed by atoms with Crippen LogP contribution in [0.5, 0.6) is 0 Å². The minimum atomic E-state index is -1.43. The van der Waals surface area contributed by atoms with E-state index in [1.54, 1.807) is 0 Å². The van der Waals surface area contributed by atoms with Gasteiger partial charge >= 0.3 is 11.7 Å². The van der Waals surface area contributed by atoms with Gasteiger partial charge in [0.2, 0.25) is 5.91 Å². The summed E-state index contributed by atoms with van der Waals surface area (Å²) < 4.78 is 6.12. The number of rotatable bonds is 6. The quantitative estimate of drug-likeness (QED) is 0.379. The van der Waals surface area contributed by atoms with E-state index in [4.69, 9.17) is 14.9 Å². The predicted octanol–water partition coefficient (Wildman–Crippen LogP) is -2.34. The number of carbonyl (C=O) groups excluding carboxylic acids is 1. The number of nitrogens with one attached hydrogen (secondary N) is 1. The van der Waals surface area contributed by atoms with E-state index in [-0.39, 0.29) is 18.7 Å².